The summed E-state index contributed by atoms with van der Waals surface area (Å²) in [6.45, 7) is 5.32. The molecule has 0 aromatic carbocycles. The molecular weight excluding hydrogens is 220 g/mol. The van der Waals surface area contributed by atoms with Crippen molar-refractivity contribution in [2.45, 2.75) is 51.6 Å². The standard InChI is InChI=1S/C12H22N2O3/c1-5-14(12(2,3)10(15)16)11(17)13(4)9-7-6-8-9/h9H,5-8H2,1-4H3,(H,15,16). The van der Waals surface area contributed by atoms with E-state index in [2.05, 4.69) is 0 Å². The summed E-state index contributed by atoms with van der Waals surface area (Å²) in [7, 11) is 1.76. The van der Waals surface area contributed by atoms with E-state index in [9.17, 15) is 14.7 Å². The van der Waals surface area contributed by atoms with Crippen molar-refractivity contribution in [3.8, 4) is 0 Å². The molecule has 0 atom stereocenters. The van der Waals surface area contributed by atoms with Gasteiger partial charge in [0.15, 0.2) is 0 Å². The first-order chi connectivity index (χ1) is 7.82. The second-order valence-corrected chi connectivity index (χ2v) is 5.09. The molecule has 17 heavy (non-hydrogen) atoms. The third-order valence-corrected chi connectivity index (χ3v) is 3.67. The van der Waals surface area contributed by atoms with E-state index in [0.717, 1.165) is 19.3 Å². The predicted molar refractivity (Wildman–Crippen MR) is 64.9 cm³/mol. The van der Waals surface area contributed by atoms with Crippen molar-refractivity contribution in [2.75, 3.05) is 13.6 Å². The summed E-state index contributed by atoms with van der Waals surface area (Å²) in [5.74, 6) is -0.977. The number of aliphatic carboxylic acids is 1. The van der Waals surface area contributed by atoms with Crippen LogP contribution in [0.2, 0.25) is 0 Å². The van der Waals surface area contributed by atoms with Crippen LogP contribution in [0, 0.1) is 0 Å². The van der Waals surface area contributed by atoms with Crippen LogP contribution in [0.1, 0.15) is 40.0 Å². The van der Waals surface area contributed by atoms with Crippen LogP contribution in [0.15, 0.2) is 0 Å². The number of nitrogens with zero attached hydrogens (tertiary/aromatic N) is 2. The van der Waals surface area contributed by atoms with Gasteiger partial charge in [-0.2, -0.15) is 0 Å². The number of rotatable bonds is 4. The van der Waals surface area contributed by atoms with Crippen molar-refractivity contribution >= 4 is 12.0 Å². The fourth-order valence-corrected chi connectivity index (χ4v) is 2.01. The number of likely N-dealkylation sites (N-methyl/N-ethyl adjacent to an activating group) is 1. The van der Waals surface area contributed by atoms with Crippen molar-refractivity contribution in [3.05, 3.63) is 0 Å². The maximum absolute atomic E-state index is 12.2. The van der Waals surface area contributed by atoms with Crippen LogP contribution in [-0.2, 0) is 4.79 Å². The highest BCUT2D eigenvalue weighted by atomic mass is 16.4. The zero-order valence-electron chi connectivity index (χ0n) is 11.1. The van der Waals surface area contributed by atoms with Gasteiger partial charge in [-0.15, -0.1) is 0 Å². The van der Waals surface area contributed by atoms with E-state index >= 15 is 0 Å². The molecule has 1 fully saturated rings. The van der Waals surface area contributed by atoms with Crippen LogP contribution in [0.3, 0.4) is 0 Å². The highest BCUT2D eigenvalue weighted by molar-refractivity contribution is 5.85. The van der Waals surface area contributed by atoms with Crippen molar-refractivity contribution in [1.29, 1.82) is 0 Å². The molecule has 1 aliphatic carbocycles. The van der Waals surface area contributed by atoms with Gasteiger partial charge in [0.25, 0.3) is 0 Å². The molecule has 5 nitrogen and oxygen atoms in total. The number of hydrogen-bond acceptors (Lipinski definition) is 2. The van der Waals surface area contributed by atoms with Crippen LogP contribution >= 0.6 is 0 Å². The van der Waals surface area contributed by atoms with Gasteiger partial charge in [-0.3, -0.25) is 0 Å². The third-order valence-electron chi connectivity index (χ3n) is 3.67. The third kappa shape index (κ3) is 2.53. The number of carbonyl (C=O) groups excluding carboxylic acids is 1. The Labute approximate surface area is 102 Å². The van der Waals surface area contributed by atoms with Crippen molar-refractivity contribution in [2.24, 2.45) is 0 Å². The van der Waals surface area contributed by atoms with E-state index in [-0.39, 0.29) is 12.1 Å². The van der Waals surface area contributed by atoms with E-state index in [1.165, 1.54) is 4.90 Å². The minimum atomic E-state index is -1.16. The summed E-state index contributed by atoms with van der Waals surface area (Å²) in [6.07, 6.45) is 3.19. The van der Waals surface area contributed by atoms with Gasteiger partial charge in [0, 0.05) is 19.6 Å². The van der Waals surface area contributed by atoms with E-state index < -0.39 is 11.5 Å². The maximum Gasteiger partial charge on any atom is 0.329 e. The highest BCUT2D eigenvalue weighted by Crippen LogP contribution is 2.26. The van der Waals surface area contributed by atoms with Gasteiger partial charge in [0.2, 0.25) is 0 Å². The van der Waals surface area contributed by atoms with Gasteiger partial charge in [-0.1, -0.05) is 0 Å². The summed E-state index contributed by atoms with van der Waals surface area (Å²) < 4.78 is 0. The summed E-state index contributed by atoms with van der Waals surface area (Å²) in [4.78, 5) is 26.5. The summed E-state index contributed by atoms with van der Waals surface area (Å²) >= 11 is 0. The monoisotopic (exact) mass is 242 g/mol. The summed E-state index contributed by atoms with van der Waals surface area (Å²) in [5, 5.41) is 9.17. The molecular formula is C12H22N2O3. The molecule has 1 rings (SSSR count). The van der Waals surface area contributed by atoms with Gasteiger partial charge in [0.05, 0.1) is 0 Å². The molecule has 0 aromatic heterocycles. The van der Waals surface area contributed by atoms with Crippen LogP contribution in [0.5, 0.6) is 0 Å². The Morgan fingerprint density at radius 1 is 1.35 bits per heavy atom. The van der Waals surface area contributed by atoms with Crippen LogP contribution in [0.25, 0.3) is 0 Å². The molecule has 0 unspecified atom stereocenters. The number of carbonyl (C=O) groups is 2. The zero-order valence-corrected chi connectivity index (χ0v) is 11.1. The van der Waals surface area contributed by atoms with Crippen LogP contribution < -0.4 is 0 Å². The Morgan fingerprint density at radius 2 is 1.88 bits per heavy atom. The van der Waals surface area contributed by atoms with E-state index in [1.54, 1.807) is 32.7 Å². The van der Waals surface area contributed by atoms with E-state index in [0.29, 0.717) is 6.54 Å². The Balaban J connectivity index is 2.79. The number of hydrogen-bond donors (Lipinski definition) is 1. The molecule has 2 amide bonds. The van der Waals surface area contributed by atoms with Gasteiger partial charge in [0.1, 0.15) is 5.54 Å². The highest BCUT2D eigenvalue weighted by Gasteiger charge is 2.39. The number of carboxylic acids is 1. The molecule has 0 saturated heterocycles. The van der Waals surface area contributed by atoms with Crippen molar-refractivity contribution < 1.29 is 14.7 Å². The lowest BCUT2D eigenvalue weighted by molar-refractivity contribution is -0.147. The lowest BCUT2D eigenvalue weighted by atomic mass is 9.92. The number of carboxylic acid groups (broad SMARTS) is 1. The molecule has 0 bridgehead atoms. The topological polar surface area (TPSA) is 60.9 Å². The van der Waals surface area contributed by atoms with Gasteiger partial charge in [-0.25, -0.2) is 9.59 Å². The smallest absolute Gasteiger partial charge is 0.329 e. The molecule has 0 spiro atoms. The quantitative estimate of drug-likeness (QED) is 0.817. The average Bonchev–Trinajstić information content (AvgIpc) is 2.15. The van der Waals surface area contributed by atoms with E-state index in [1.807, 2.05) is 0 Å². The van der Waals surface area contributed by atoms with Crippen LogP contribution in [-0.4, -0.2) is 52.1 Å². The van der Waals surface area contributed by atoms with Gasteiger partial charge in [-0.05, 0) is 40.0 Å². The Kier molecular flexibility index (Phi) is 4.01. The lowest BCUT2D eigenvalue weighted by Crippen LogP contribution is -2.58. The molecule has 0 aliphatic heterocycles. The molecule has 0 radical (unpaired) electrons. The maximum atomic E-state index is 12.2. The van der Waals surface area contributed by atoms with Crippen LogP contribution in [0.4, 0.5) is 4.79 Å². The number of amides is 2. The fraction of sp³-hybridized carbons (Fsp3) is 0.833. The van der Waals surface area contributed by atoms with E-state index in [4.69, 9.17) is 0 Å². The minimum Gasteiger partial charge on any atom is -0.480 e. The largest absolute Gasteiger partial charge is 0.480 e. The molecule has 0 aromatic rings. The first-order valence-corrected chi connectivity index (χ1v) is 6.10. The van der Waals surface area contributed by atoms with Crippen molar-refractivity contribution in [3.63, 3.8) is 0 Å². The first kappa shape index (κ1) is 13.8. The SMILES string of the molecule is CCN(C(=O)N(C)C1CCC1)C(C)(C)C(=O)O. The molecule has 1 aliphatic rings. The second-order valence-electron chi connectivity index (χ2n) is 5.09. The molecule has 1 saturated carbocycles. The van der Waals surface area contributed by atoms with Gasteiger partial charge < -0.3 is 14.9 Å². The first-order valence-electron chi connectivity index (χ1n) is 6.10. The molecule has 1 N–H and O–H groups in total. The molecule has 5 heteroatoms. The fourth-order valence-electron chi connectivity index (χ4n) is 2.01. The minimum absolute atomic E-state index is 0.190. The lowest BCUT2D eigenvalue weighted by Gasteiger charge is -2.41. The number of urea groups is 1. The average molecular weight is 242 g/mol. The molecule has 0 heterocycles. The zero-order chi connectivity index (χ0) is 13.2. The van der Waals surface area contributed by atoms with Crippen molar-refractivity contribution in [1.82, 2.24) is 9.80 Å². The second kappa shape index (κ2) is 4.94. The summed E-state index contributed by atoms with van der Waals surface area (Å²) in [6, 6.07) is 0.0887. The Morgan fingerprint density at radius 3 is 2.18 bits per heavy atom. The Bertz CT molecular complexity index is 311. The predicted octanol–water partition coefficient (Wildman–Crippen LogP) is 1.78. The summed E-state index contributed by atoms with van der Waals surface area (Å²) in [5.41, 5.74) is -1.16. The Hall–Kier alpha value is -1.26. The normalized spacial score (nSPS) is 16.2. The van der Waals surface area contributed by atoms with Gasteiger partial charge >= 0.3 is 12.0 Å². The molecule has 98 valence electrons.